The number of aromatic nitrogens is 3. The molecule has 1 N–H and O–H groups in total. The summed E-state index contributed by atoms with van der Waals surface area (Å²) >= 11 is 3.47. The third-order valence-electron chi connectivity index (χ3n) is 4.10. The molecule has 0 aliphatic heterocycles. The molecule has 2 aromatic rings. The Bertz CT molecular complexity index is 594. The van der Waals surface area contributed by atoms with Crippen LogP contribution in [0.3, 0.4) is 0 Å². The minimum absolute atomic E-state index is 0.507. The summed E-state index contributed by atoms with van der Waals surface area (Å²) in [6, 6.07) is 5.99. The SMILES string of the molecule is CC1(O)c2ccc(Br)cc2CC1(C)n1cncn1. The molecule has 4 nitrogen and oxygen atoms in total. The molecule has 1 aliphatic carbocycles. The van der Waals surface area contributed by atoms with Gasteiger partial charge in [0.05, 0.1) is 5.54 Å². The molecule has 1 aromatic heterocycles. The number of aliphatic hydroxyl groups is 1. The van der Waals surface area contributed by atoms with Crippen LogP contribution in [0.2, 0.25) is 0 Å². The van der Waals surface area contributed by atoms with E-state index in [-0.39, 0.29) is 0 Å². The lowest BCUT2D eigenvalue weighted by Gasteiger charge is -2.37. The summed E-state index contributed by atoms with van der Waals surface area (Å²) < 4.78 is 2.78. The number of rotatable bonds is 1. The molecule has 0 amide bonds. The summed E-state index contributed by atoms with van der Waals surface area (Å²) in [7, 11) is 0. The fourth-order valence-corrected chi connectivity index (χ4v) is 3.19. The Morgan fingerprint density at radius 3 is 2.83 bits per heavy atom. The highest BCUT2D eigenvalue weighted by atomic mass is 79.9. The van der Waals surface area contributed by atoms with Crippen LogP contribution < -0.4 is 0 Å². The van der Waals surface area contributed by atoms with E-state index in [0.717, 1.165) is 22.0 Å². The number of fused-ring (bicyclic) bond motifs is 1. The third kappa shape index (κ3) is 1.40. The maximum Gasteiger partial charge on any atom is 0.137 e. The quantitative estimate of drug-likeness (QED) is 0.879. The Hall–Kier alpha value is -1.20. The molecule has 5 heteroatoms. The summed E-state index contributed by atoms with van der Waals surface area (Å²) in [6.45, 7) is 3.85. The molecule has 18 heavy (non-hydrogen) atoms. The summed E-state index contributed by atoms with van der Waals surface area (Å²) in [5.74, 6) is 0. The molecule has 1 aromatic carbocycles. The van der Waals surface area contributed by atoms with Crippen LogP contribution in [0.4, 0.5) is 0 Å². The molecule has 3 rings (SSSR count). The van der Waals surface area contributed by atoms with E-state index in [0.29, 0.717) is 0 Å². The van der Waals surface area contributed by atoms with Crippen LogP contribution in [0.5, 0.6) is 0 Å². The van der Waals surface area contributed by atoms with E-state index in [2.05, 4.69) is 32.1 Å². The number of nitrogens with zero attached hydrogens (tertiary/aromatic N) is 3. The van der Waals surface area contributed by atoms with E-state index in [1.807, 2.05) is 26.0 Å². The second kappa shape index (κ2) is 3.65. The van der Waals surface area contributed by atoms with Crippen LogP contribution in [0, 0.1) is 0 Å². The highest BCUT2D eigenvalue weighted by molar-refractivity contribution is 9.10. The van der Waals surface area contributed by atoms with Crippen LogP contribution in [-0.4, -0.2) is 19.9 Å². The number of halogens is 1. The minimum atomic E-state index is -0.962. The molecular weight excluding hydrogens is 294 g/mol. The van der Waals surface area contributed by atoms with Crippen molar-refractivity contribution in [2.24, 2.45) is 0 Å². The van der Waals surface area contributed by atoms with Gasteiger partial charge >= 0.3 is 0 Å². The first-order valence-electron chi connectivity index (χ1n) is 5.81. The van der Waals surface area contributed by atoms with Crippen LogP contribution in [0.25, 0.3) is 0 Å². The van der Waals surface area contributed by atoms with Gasteiger partial charge in [-0.05, 0) is 37.1 Å². The van der Waals surface area contributed by atoms with Crippen LogP contribution >= 0.6 is 15.9 Å². The van der Waals surface area contributed by atoms with Gasteiger partial charge in [-0.3, -0.25) is 0 Å². The lowest BCUT2D eigenvalue weighted by Crippen LogP contribution is -2.47. The molecule has 1 heterocycles. The van der Waals surface area contributed by atoms with Gasteiger partial charge < -0.3 is 5.11 Å². The average molecular weight is 308 g/mol. The average Bonchev–Trinajstić information content (AvgIpc) is 2.86. The predicted molar refractivity (Wildman–Crippen MR) is 71.1 cm³/mol. The van der Waals surface area contributed by atoms with Gasteiger partial charge in [0.2, 0.25) is 0 Å². The van der Waals surface area contributed by atoms with Gasteiger partial charge in [0, 0.05) is 10.9 Å². The number of hydrogen-bond donors (Lipinski definition) is 1. The highest BCUT2D eigenvalue weighted by Crippen LogP contribution is 2.48. The van der Waals surface area contributed by atoms with E-state index >= 15 is 0 Å². The molecule has 2 unspecified atom stereocenters. The lowest BCUT2D eigenvalue weighted by molar-refractivity contribution is -0.0499. The highest BCUT2D eigenvalue weighted by Gasteiger charge is 2.53. The van der Waals surface area contributed by atoms with E-state index < -0.39 is 11.1 Å². The second-order valence-electron chi connectivity index (χ2n) is 5.16. The largest absolute Gasteiger partial charge is 0.383 e. The zero-order valence-corrected chi connectivity index (χ0v) is 11.8. The minimum Gasteiger partial charge on any atom is -0.383 e. The monoisotopic (exact) mass is 307 g/mol. The normalized spacial score (nSPS) is 30.4. The summed E-state index contributed by atoms with van der Waals surface area (Å²) in [6.07, 6.45) is 3.90. The van der Waals surface area contributed by atoms with Crippen molar-refractivity contribution >= 4 is 15.9 Å². The summed E-state index contributed by atoms with van der Waals surface area (Å²) in [5.41, 5.74) is 0.639. The van der Waals surface area contributed by atoms with Crippen molar-refractivity contribution < 1.29 is 5.11 Å². The Labute approximate surface area is 114 Å². The molecule has 0 radical (unpaired) electrons. The fourth-order valence-electron chi connectivity index (χ4n) is 2.78. The molecule has 0 saturated heterocycles. The van der Waals surface area contributed by atoms with Crippen molar-refractivity contribution in [3.8, 4) is 0 Å². The maximum absolute atomic E-state index is 10.9. The molecule has 0 saturated carbocycles. The van der Waals surface area contributed by atoms with Gasteiger partial charge in [-0.2, -0.15) is 5.10 Å². The first-order chi connectivity index (χ1) is 8.45. The van der Waals surface area contributed by atoms with Crippen LogP contribution in [0.15, 0.2) is 35.3 Å². The predicted octanol–water partition coefficient (Wildman–Crippen LogP) is 2.22. The topological polar surface area (TPSA) is 50.9 Å². The number of benzene rings is 1. The Kier molecular flexibility index (Phi) is 2.40. The maximum atomic E-state index is 10.9. The van der Waals surface area contributed by atoms with Crippen molar-refractivity contribution in [2.75, 3.05) is 0 Å². The van der Waals surface area contributed by atoms with E-state index in [4.69, 9.17) is 0 Å². The van der Waals surface area contributed by atoms with Crippen LogP contribution in [-0.2, 0) is 17.6 Å². The zero-order chi connectivity index (χ0) is 13.0. The molecular formula is C13H14BrN3O. The van der Waals surface area contributed by atoms with Gasteiger partial charge in [-0.25, -0.2) is 9.67 Å². The summed E-state index contributed by atoms with van der Waals surface area (Å²) in [5, 5.41) is 15.1. The standard InChI is InChI=1S/C13H14BrN3O/c1-12(17-8-15-7-16-17)6-9-5-10(14)3-4-11(9)13(12,2)18/h3-5,7-8,18H,6H2,1-2H3. The first kappa shape index (κ1) is 11.9. The van der Waals surface area contributed by atoms with Gasteiger partial charge in [0.15, 0.2) is 0 Å². The Balaban J connectivity index is 2.18. The Morgan fingerprint density at radius 1 is 1.39 bits per heavy atom. The molecule has 2 atom stereocenters. The molecule has 1 aliphatic rings. The van der Waals surface area contributed by atoms with Gasteiger partial charge in [0.25, 0.3) is 0 Å². The molecule has 0 bridgehead atoms. The van der Waals surface area contributed by atoms with Crippen molar-refractivity contribution in [3.63, 3.8) is 0 Å². The second-order valence-corrected chi connectivity index (χ2v) is 6.08. The van der Waals surface area contributed by atoms with Crippen molar-refractivity contribution in [1.29, 1.82) is 0 Å². The Morgan fingerprint density at radius 2 is 2.17 bits per heavy atom. The smallest absolute Gasteiger partial charge is 0.137 e. The van der Waals surface area contributed by atoms with Gasteiger partial charge in [-0.15, -0.1) is 0 Å². The van der Waals surface area contributed by atoms with Crippen LogP contribution in [0.1, 0.15) is 25.0 Å². The zero-order valence-electron chi connectivity index (χ0n) is 10.3. The molecule has 94 valence electrons. The molecule has 0 spiro atoms. The van der Waals surface area contributed by atoms with Crippen molar-refractivity contribution in [2.45, 2.75) is 31.4 Å². The fraction of sp³-hybridized carbons (Fsp3) is 0.385. The summed E-state index contributed by atoms with van der Waals surface area (Å²) in [4.78, 5) is 3.99. The number of hydrogen-bond acceptors (Lipinski definition) is 3. The van der Waals surface area contributed by atoms with Crippen molar-refractivity contribution in [1.82, 2.24) is 14.8 Å². The third-order valence-corrected chi connectivity index (χ3v) is 4.59. The van der Waals surface area contributed by atoms with Crippen molar-refractivity contribution in [3.05, 3.63) is 46.5 Å². The molecule has 0 fully saturated rings. The van der Waals surface area contributed by atoms with E-state index in [1.54, 1.807) is 11.0 Å². The van der Waals surface area contributed by atoms with Gasteiger partial charge in [-0.1, -0.05) is 22.0 Å². The first-order valence-corrected chi connectivity index (χ1v) is 6.61. The van der Waals surface area contributed by atoms with E-state index in [9.17, 15) is 5.11 Å². The lowest BCUT2D eigenvalue weighted by atomic mass is 9.83. The van der Waals surface area contributed by atoms with E-state index in [1.165, 1.54) is 6.33 Å². The van der Waals surface area contributed by atoms with Gasteiger partial charge in [0.1, 0.15) is 18.3 Å².